The summed E-state index contributed by atoms with van der Waals surface area (Å²) < 4.78 is 32.6. The molecule has 5 heteroatoms. The molecule has 0 spiro atoms. The first-order valence-corrected chi connectivity index (χ1v) is 8.62. The van der Waals surface area contributed by atoms with Gasteiger partial charge < -0.3 is 9.64 Å². The van der Waals surface area contributed by atoms with Gasteiger partial charge in [-0.2, -0.15) is 0 Å². The Morgan fingerprint density at radius 1 is 1.14 bits per heavy atom. The van der Waals surface area contributed by atoms with Gasteiger partial charge in [-0.15, -0.1) is 0 Å². The van der Waals surface area contributed by atoms with Crippen LogP contribution in [0, 0.1) is 11.3 Å². The molecule has 1 unspecified atom stereocenters. The lowest BCUT2D eigenvalue weighted by Crippen LogP contribution is -2.54. The molecule has 2 aliphatic rings. The standard InChI is InChI=1S/C17H32F2N2O/c1-14(2)11-21-9-10-22-15(12-21)16(3,4)13-20-7-5-17(18,19)6-8-20/h14-15H,5-13H2,1-4H3. The molecule has 0 aromatic rings. The molecule has 2 fully saturated rings. The number of morpholine rings is 1. The van der Waals surface area contributed by atoms with Gasteiger partial charge in [-0.25, -0.2) is 8.78 Å². The maximum Gasteiger partial charge on any atom is 0.250 e. The molecule has 0 aliphatic carbocycles. The molecule has 2 aliphatic heterocycles. The van der Waals surface area contributed by atoms with Gasteiger partial charge >= 0.3 is 0 Å². The van der Waals surface area contributed by atoms with Crippen molar-refractivity contribution in [2.45, 2.75) is 52.6 Å². The van der Waals surface area contributed by atoms with Crippen molar-refractivity contribution in [1.82, 2.24) is 9.80 Å². The second kappa shape index (κ2) is 7.10. The number of hydrogen-bond donors (Lipinski definition) is 0. The first kappa shape index (κ1) is 18.1. The Hall–Kier alpha value is -0.260. The quantitative estimate of drug-likeness (QED) is 0.775. The van der Waals surface area contributed by atoms with Crippen LogP contribution in [0.2, 0.25) is 0 Å². The van der Waals surface area contributed by atoms with E-state index in [1.807, 2.05) is 0 Å². The van der Waals surface area contributed by atoms with Crippen molar-refractivity contribution < 1.29 is 13.5 Å². The van der Waals surface area contributed by atoms with E-state index in [9.17, 15) is 8.78 Å². The Balaban J connectivity index is 1.86. The third-order valence-electron chi connectivity index (χ3n) is 4.86. The van der Waals surface area contributed by atoms with Crippen LogP contribution in [0.15, 0.2) is 0 Å². The van der Waals surface area contributed by atoms with Crippen LogP contribution in [0.5, 0.6) is 0 Å². The number of piperidine rings is 1. The number of alkyl halides is 2. The maximum atomic E-state index is 13.3. The van der Waals surface area contributed by atoms with Gasteiger partial charge in [0.05, 0.1) is 12.7 Å². The zero-order valence-electron chi connectivity index (χ0n) is 14.6. The predicted octanol–water partition coefficient (Wildman–Crippen LogP) is 3.10. The lowest BCUT2D eigenvalue weighted by Gasteiger charge is -2.45. The Bertz CT molecular complexity index is 351. The Morgan fingerprint density at radius 2 is 1.77 bits per heavy atom. The first-order valence-electron chi connectivity index (χ1n) is 8.62. The van der Waals surface area contributed by atoms with Crippen LogP contribution >= 0.6 is 0 Å². The van der Waals surface area contributed by atoms with Gasteiger partial charge in [0.25, 0.3) is 5.92 Å². The van der Waals surface area contributed by atoms with Crippen molar-refractivity contribution >= 4 is 0 Å². The van der Waals surface area contributed by atoms with E-state index >= 15 is 0 Å². The normalized spacial score (nSPS) is 28.2. The molecule has 0 aromatic heterocycles. The number of halogens is 2. The first-order chi connectivity index (χ1) is 10.2. The minimum atomic E-state index is -2.46. The van der Waals surface area contributed by atoms with E-state index in [0.717, 1.165) is 32.8 Å². The average Bonchev–Trinajstić information content (AvgIpc) is 2.41. The summed E-state index contributed by atoms with van der Waals surface area (Å²) in [5, 5.41) is 0. The molecule has 2 heterocycles. The zero-order valence-corrected chi connectivity index (χ0v) is 14.6. The highest BCUT2D eigenvalue weighted by molar-refractivity contribution is 4.89. The van der Waals surface area contributed by atoms with Gasteiger partial charge in [0.15, 0.2) is 0 Å². The van der Waals surface area contributed by atoms with Crippen molar-refractivity contribution in [3.63, 3.8) is 0 Å². The van der Waals surface area contributed by atoms with Gasteiger partial charge in [0, 0.05) is 57.5 Å². The fourth-order valence-corrected chi connectivity index (χ4v) is 3.57. The Labute approximate surface area is 134 Å². The molecule has 0 aromatic carbocycles. The van der Waals surface area contributed by atoms with Gasteiger partial charge in [0.1, 0.15) is 0 Å². The van der Waals surface area contributed by atoms with Crippen LogP contribution in [0.4, 0.5) is 8.78 Å². The predicted molar refractivity (Wildman–Crippen MR) is 85.4 cm³/mol. The van der Waals surface area contributed by atoms with E-state index in [-0.39, 0.29) is 24.4 Å². The van der Waals surface area contributed by atoms with E-state index in [2.05, 4.69) is 37.5 Å². The Morgan fingerprint density at radius 3 is 2.36 bits per heavy atom. The number of hydrogen-bond acceptors (Lipinski definition) is 3. The van der Waals surface area contributed by atoms with Gasteiger partial charge in [0.2, 0.25) is 0 Å². The topological polar surface area (TPSA) is 15.7 Å². The monoisotopic (exact) mass is 318 g/mol. The molecule has 130 valence electrons. The molecule has 0 N–H and O–H groups in total. The molecule has 0 radical (unpaired) electrons. The fourth-order valence-electron chi connectivity index (χ4n) is 3.57. The summed E-state index contributed by atoms with van der Waals surface area (Å²) in [7, 11) is 0. The minimum Gasteiger partial charge on any atom is -0.375 e. The average molecular weight is 318 g/mol. The van der Waals surface area contributed by atoms with E-state index in [4.69, 9.17) is 4.74 Å². The lowest BCUT2D eigenvalue weighted by atomic mass is 9.84. The summed E-state index contributed by atoms with van der Waals surface area (Å²) in [4.78, 5) is 4.66. The second-order valence-corrected chi connectivity index (χ2v) is 8.13. The summed E-state index contributed by atoms with van der Waals surface area (Å²) in [5.41, 5.74) is -0.0116. The molecule has 0 bridgehead atoms. The van der Waals surface area contributed by atoms with E-state index in [1.165, 1.54) is 0 Å². The molecular weight excluding hydrogens is 286 g/mol. The van der Waals surface area contributed by atoms with Crippen LogP contribution in [0.1, 0.15) is 40.5 Å². The number of ether oxygens (including phenoxy) is 1. The third kappa shape index (κ3) is 5.14. The summed E-state index contributed by atoms with van der Waals surface area (Å²) >= 11 is 0. The van der Waals surface area contributed by atoms with E-state index in [1.54, 1.807) is 0 Å². The van der Waals surface area contributed by atoms with Crippen molar-refractivity contribution in [3.05, 3.63) is 0 Å². The van der Waals surface area contributed by atoms with Crippen molar-refractivity contribution in [2.75, 3.05) is 45.9 Å². The number of rotatable bonds is 5. The highest BCUT2D eigenvalue weighted by Crippen LogP contribution is 2.32. The molecule has 0 amide bonds. The van der Waals surface area contributed by atoms with E-state index < -0.39 is 5.92 Å². The summed E-state index contributed by atoms with van der Waals surface area (Å²) in [6.07, 6.45) is 0.171. The van der Waals surface area contributed by atoms with Crippen LogP contribution in [-0.4, -0.2) is 67.7 Å². The molecule has 2 rings (SSSR count). The van der Waals surface area contributed by atoms with Gasteiger partial charge in [-0.05, 0) is 5.92 Å². The molecule has 1 atom stereocenters. The molecule has 2 saturated heterocycles. The highest BCUT2D eigenvalue weighted by atomic mass is 19.3. The largest absolute Gasteiger partial charge is 0.375 e. The number of likely N-dealkylation sites (tertiary alicyclic amines) is 1. The van der Waals surface area contributed by atoms with E-state index in [0.29, 0.717) is 19.0 Å². The minimum absolute atomic E-state index is 0.00587. The molecule has 0 saturated carbocycles. The van der Waals surface area contributed by atoms with Crippen LogP contribution < -0.4 is 0 Å². The van der Waals surface area contributed by atoms with Crippen molar-refractivity contribution in [2.24, 2.45) is 11.3 Å². The van der Waals surface area contributed by atoms with Crippen LogP contribution in [-0.2, 0) is 4.74 Å². The maximum absolute atomic E-state index is 13.3. The smallest absolute Gasteiger partial charge is 0.250 e. The highest BCUT2D eigenvalue weighted by Gasteiger charge is 2.39. The van der Waals surface area contributed by atoms with Crippen LogP contribution in [0.3, 0.4) is 0 Å². The molecular formula is C17H32F2N2O. The SMILES string of the molecule is CC(C)CN1CCOC(C(C)(C)CN2CCC(F)(F)CC2)C1. The second-order valence-electron chi connectivity index (χ2n) is 8.13. The lowest BCUT2D eigenvalue weighted by molar-refractivity contribution is -0.106. The number of nitrogens with zero attached hydrogens (tertiary/aromatic N) is 2. The van der Waals surface area contributed by atoms with Crippen LogP contribution in [0.25, 0.3) is 0 Å². The van der Waals surface area contributed by atoms with Gasteiger partial charge in [-0.3, -0.25) is 4.90 Å². The summed E-state index contributed by atoms with van der Waals surface area (Å²) in [6, 6.07) is 0. The zero-order chi connectivity index (χ0) is 16.4. The van der Waals surface area contributed by atoms with Crippen molar-refractivity contribution in [3.8, 4) is 0 Å². The Kier molecular flexibility index (Phi) is 5.84. The summed E-state index contributed by atoms with van der Waals surface area (Å²) in [6.45, 7) is 14.6. The third-order valence-corrected chi connectivity index (χ3v) is 4.86. The molecule has 22 heavy (non-hydrogen) atoms. The van der Waals surface area contributed by atoms with Gasteiger partial charge in [-0.1, -0.05) is 27.7 Å². The van der Waals surface area contributed by atoms with Crippen molar-refractivity contribution in [1.29, 1.82) is 0 Å². The summed E-state index contributed by atoms with van der Waals surface area (Å²) in [5.74, 6) is -1.80. The molecule has 3 nitrogen and oxygen atoms in total. The fraction of sp³-hybridized carbons (Fsp3) is 1.00.